The summed E-state index contributed by atoms with van der Waals surface area (Å²) in [6.07, 6.45) is 5.39. The largest absolute Gasteiger partial charge is 0.343 e. The molecule has 0 aromatic heterocycles. The van der Waals surface area contributed by atoms with E-state index in [1.165, 1.54) is 25.7 Å². The maximum Gasteiger partial charge on any atom is 0.319 e. The van der Waals surface area contributed by atoms with E-state index >= 15 is 0 Å². The van der Waals surface area contributed by atoms with E-state index in [0.717, 1.165) is 24.3 Å². The number of urea groups is 1. The lowest BCUT2D eigenvalue weighted by Crippen LogP contribution is -2.40. The van der Waals surface area contributed by atoms with Crippen molar-refractivity contribution < 1.29 is 9.59 Å². The van der Waals surface area contributed by atoms with E-state index in [0.29, 0.717) is 24.3 Å². The van der Waals surface area contributed by atoms with Gasteiger partial charge in [-0.1, -0.05) is 12.1 Å². The first kappa shape index (κ1) is 17.8. The summed E-state index contributed by atoms with van der Waals surface area (Å²) >= 11 is 0. The van der Waals surface area contributed by atoms with E-state index in [1.807, 2.05) is 43.0 Å². The minimum absolute atomic E-state index is 0.115. The molecule has 2 aliphatic rings. The summed E-state index contributed by atoms with van der Waals surface area (Å²) in [5, 5.41) is 6.07. The van der Waals surface area contributed by atoms with Gasteiger partial charge in [0, 0.05) is 24.8 Å². The van der Waals surface area contributed by atoms with Gasteiger partial charge in [0.1, 0.15) is 0 Å². The third kappa shape index (κ3) is 4.97. The molecule has 2 aliphatic carbocycles. The Kier molecular flexibility index (Phi) is 5.61. The molecule has 136 valence electrons. The van der Waals surface area contributed by atoms with Gasteiger partial charge in [-0.25, -0.2) is 4.79 Å². The zero-order valence-corrected chi connectivity index (χ0v) is 15.3. The van der Waals surface area contributed by atoms with E-state index in [9.17, 15) is 9.59 Å². The molecule has 25 heavy (non-hydrogen) atoms. The van der Waals surface area contributed by atoms with E-state index in [1.54, 1.807) is 0 Å². The molecular formula is C20H29N3O2. The summed E-state index contributed by atoms with van der Waals surface area (Å²) in [5.41, 5.74) is 1.73. The Balaban J connectivity index is 1.50. The average Bonchev–Trinajstić information content (AvgIpc) is 3.49. The van der Waals surface area contributed by atoms with Crippen molar-refractivity contribution >= 4 is 17.6 Å². The highest BCUT2D eigenvalue weighted by molar-refractivity contribution is 5.89. The molecule has 0 radical (unpaired) electrons. The third-order valence-electron chi connectivity index (χ3n) is 5.24. The quantitative estimate of drug-likeness (QED) is 0.760. The van der Waals surface area contributed by atoms with E-state index < -0.39 is 0 Å². The van der Waals surface area contributed by atoms with Crippen LogP contribution in [0.4, 0.5) is 10.5 Å². The van der Waals surface area contributed by atoms with Gasteiger partial charge < -0.3 is 15.5 Å². The van der Waals surface area contributed by atoms with E-state index in [2.05, 4.69) is 10.6 Å². The molecule has 0 atom stereocenters. The van der Waals surface area contributed by atoms with Crippen molar-refractivity contribution in [1.82, 2.24) is 10.2 Å². The summed E-state index contributed by atoms with van der Waals surface area (Å²) in [4.78, 5) is 26.2. The molecule has 2 saturated carbocycles. The van der Waals surface area contributed by atoms with Crippen LogP contribution in [0.15, 0.2) is 24.3 Å². The van der Waals surface area contributed by atoms with Crippen LogP contribution in [0.25, 0.3) is 0 Å². The van der Waals surface area contributed by atoms with Crippen molar-refractivity contribution in [2.45, 2.75) is 52.0 Å². The number of rotatable bonds is 8. The minimum Gasteiger partial charge on any atom is -0.343 e. The predicted octanol–water partition coefficient (Wildman–Crippen LogP) is 3.41. The topological polar surface area (TPSA) is 61.4 Å². The number of amides is 3. The highest BCUT2D eigenvalue weighted by Gasteiger charge is 2.42. The zero-order chi connectivity index (χ0) is 17.8. The monoisotopic (exact) mass is 343 g/mol. The SMILES string of the molecule is CCN(CC)C(=O)Cc1ccc(NC(=O)NC(C2CC2)C2CC2)cc1. The van der Waals surface area contributed by atoms with Crippen molar-refractivity contribution in [3.05, 3.63) is 29.8 Å². The third-order valence-corrected chi connectivity index (χ3v) is 5.24. The van der Waals surface area contributed by atoms with Crippen LogP contribution in [-0.4, -0.2) is 36.0 Å². The van der Waals surface area contributed by atoms with Gasteiger partial charge in [0.05, 0.1) is 6.42 Å². The van der Waals surface area contributed by atoms with Gasteiger partial charge in [-0.05, 0) is 69.1 Å². The molecule has 2 fully saturated rings. The fourth-order valence-corrected chi connectivity index (χ4v) is 3.42. The molecule has 0 spiro atoms. The molecule has 0 saturated heterocycles. The summed E-state index contributed by atoms with van der Waals surface area (Å²) in [6, 6.07) is 7.80. The lowest BCUT2D eigenvalue weighted by atomic mass is 10.1. The Bertz CT molecular complexity index is 590. The Morgan fingerprint density at radius 3 is 2.08 bits per heavy atom. The van der Waals surface area contributed by atoms with Gasteiger partial charge in [-0.3, -0.25) is 4.79 Å². The van der Waals surface area contributed by atoms with Gasteiger partial charge in [0.25, 0.3) is 0 Å². The Hall–Kier alpha value is -2.04. The van der Waals surface area contributed by atoms with Crippen LogP contribution in [0, 0.1) is 11.8 Å². The Morgan fingerprint density at radius 2 is 1.60 bits per heavy atom. The number of likely N-dealkylation sites (N-methyl/N-ethyl adjacent to an activating group) is 1. The number of carbonyl (C=O) groups is 2. The molecule has 2 N–H and O–H groups in total. The number of hydrogen-bond donors (Lipinski definition) is 2. The summed E-state index contributed by atoms with van der Waals surface area (Å²) in [6.45, 7) is 5.45. The van der Waals surface area contributed by atoms with Crippen molar-refractivity contribution in [2.24, 2.45) is 11.8 Å². The van der Waals surface area contributed by atoms with Gasteiger partial charge >= 0.3 is 6.03 Å². The first-order valence-corrected chi connectivity index (χ1v) is 9.55. The fraction of sp³-hybridized carbons (Fsp3) is 0.600. The normalized spacial score (nSPS) is 16.6. The second-order valence-corrected chi connectivity index (χ2v) is 7.24. The van der Waals surface area contributed by atoms with E-state index in [4.69, 9.17) is 0 Å². The number of nitrogens with one attached hydrogen (secondary N) is 2. The van der Waals surface area contributed by atoms with Crippen LogP contribution in [0.5, 0.6) is 0 Å². The molecule has 0 unspecified atom stereocenters. The lowest BCUT2D eigenvalue weighted by Gasteiger charge is -2.19. The van der Waals surface area contributed by atoms with Crippen LogP contribution in [0.2, 0.25) is 0 Å². The molecule has 3 rings (SSSR count). The summed E-state index contributed by atoms with van der Waals surface area (Å²) < 4.78 is 0. The number of benzene rings is 1. The van der Waals surface area contributed by atoms with Crippen molar-refractivity contribution in [3.63, 3.8) is 0 Å². The number of carbonyl (C=O) groups excluding carboxylic acids is 2. The van der Waals surface area contributed by atoms with Crippen LogP contribution in [0.1, 0.15) is 45.1 Å². The number of nitrogens with zero attached hydrogens (tertiary/aromatic N) is 1. The maximum atomic E-state index is 12.2. The van der Waals surface area contributed by atoms with Crippen molar-refractivity contribution in [2.75, 3.05) is 18.4 Å². The minimum atomic E-state index is -0.115. The Labute approximate surface area is 150 Å². The first-order valence-electron chi connectivity index (χ1n) is 9.55. The van der Waals surface area contributed by atoms with Gasteiger partial charge in [-0.15, -0.1) is 0 Å². The second-order valence-electron chi connectivity index (χ2n) is 7.24. The molecule has 5 heteroatoms. The van der Waals surface area contributed by atoms with E-state index in [-0.39, 0.29) is 11.9 Å². The highest BCUT2D eigenvalue weighted by atomic mass is 16.2. The van der Waals surface area contributed by atoms with Gasteiger partial charge in [0.2, 0.25) is 5.91 Å². The first-order chi connectivity index (χ1) is 12.1. The lowest BCUT2D eigenvalue weighted by molar-refractivity contribution is -0.130. The number of hydrogen-bond acceptors (Lipinski definition) is 2. The molecule has 1 aromatic rings. The van der Waals surface area contributed by atoms with Crippen molar-refractivity contribution in [1.29, 1.82) is 0 Å². The summed E-state index contributed by atoms with van der Waals surface area (Å²) in [5.74, 6) is 1.51. The second kappa shape index (κ2) is 7.89. The predicted molar refractivity (Wildman–Crippen MR) is 99.5 cm³/mol. The van der Waals surface area contributed by atoms with Gasteiger partial charge in [-0.2, -0.15) is 0 Å². The number of anilines is 1. The standard InChI is InChI=1S/C20H29N3O2/c1-3-23(4-2)18(24)13-14-5-11-17(12-6-14)21-20(25)22-19(15-7-8-15)16-9-10-16/h5-6,11-12,15-16,19H,3-4,7-10,13H2,1-2H3,(H2,21,22,25). The maximum absolute atomic E-state index is 12.2. The van der Waals surface area contributed by atoms with Crippen molar-refractivity contribution in [3.8, 4) is 0 Å². The Morgan fingerprint density at radius 1 is 1.04 bits per heavy atom. The zero-order valence-electron chi connectivity index (χ0n) is 15.3. The molecule has 3 amide bonds. The molecular weight excluding hydrogens is 314 g/mol. The van der Waals surface area contributed by atoms with Crippen LogP contribution in [0.3, 0.4) is 0 Å². The molecule has 0 heterocycles. The molecule has 5 nitrogen and oxygen atoms in total. The van der Waals surface area contributed by atoms with Crippen LogP contribution >= 0.6 is 0 Å². The molecule has 0 aliphatic heterocycles. The van der Waals surface area contributed by atoms with Crippen LogP contribution < -0.4 is 10.6 Å². The average molecular weight is 343 g/mol. The van der Waals surface area contributed by atoms with Gasteiger partial charge in [0.15, 0.2) is 0 Å². The smallest absolute Gasteiger partial charge is 0.319 e. The molecule has 1 aromatic carbocycles. The fourth-order valence-electron chi connectivity index (χ4n) is 3.42. The highest BCUT2D eigenvalue weighted by Crippen LogP contribution is 2.44. The molecule has 0 bridgehead atoms. The summed E-state index contributed by atoms with van der Waals surface area (Å²) in [7, 11) is 0. The van der Waals surface area contributed by atoms with Crippen LogP contribution in [-0.2, 0) is 11.2 Å².